The Kier molecular flexibility index (Phi) is 4.88. The molecule has 0 saturated carbocycles. The summed E-state index contributed by atoms with van der Waals surface area (Å²) in [5, 5.41) is 1.20. The van der Waals surface area contributed by atoms with Crippen molar-refractivity contribution < 1.29 is 4.74 Å². The van der Waals surface area contributed by atoms with Crippen LogP contribution in [-0.4, -0.2) is 10.7 Å². The van der Waals surface area contributed by atoms with Gasteiger partial charge in [0.1, 0.15) is 11.5 Å². The van der Waals surface area contributed by atoms with Crippen LogP contribution in [0.1, 0.15) is 29.3 Å². The predicted octanol–water partition coefficient (Wildman–Crippen LogP) is 8.33. The molecule has 0 radical (unpaired) electrons. The summed E-state index contributed by atoms with van der Waals surface area (Å²) in [7, 11) is 0. The van der Waals surface area contributed by atoms with Gasteiger partial charge in [-0.15, -0.1) is 0 Å². The second kappa shape index (κ2) is 8.20. The molecule has 3 heteroatoms. The summed E-state index contributed by atoms with van der Waals surface area (Å²) in [6.07, 6.45) is 0. The van der Waals surface area contributed by atoms with Gasteiger partial charge in [-0.05, 0) is 55.8 Å². The molecule has 1 aromatic heterocycles. The summed E-state index contributed by atoms with van der Waals surface area (Å²) < 4.78 is 6.20. The highest BCUT2D eigenvalue weighted by Gasteiger charge is 2.26. The maximum atomic E-state index is 6.20. The second-order valence-corrected chi connectivity index (χ2v) is 8.58. The zero-order valence-electron chi connectivity index (χ0n) is 19.2. The molecular formula is C31H24N2O. The van der Waals surface area contributed by atoms with E-state index in [2.05, 4.69) is 79.5 Å². The van der Waals surface area contributed by atoms with Crippen LogP contribution in [0.25, 0.3) is 22.0 Å². The van der Waals surface area contributed by atoms with Crippen molar-refractivity contribution in [2.24, 2.45) is 4.99 Å². The van der Waals surface area contributed by atoms with Crippen molar-refractivity contribution in [1.29, 1.82) is 0 Å². The van der Waals surface area contributed by atoms with Crippen LogP contribution < -0.4 is 4.74 Å². The number of hydrogen-bond donors (Lipinski definition) is 1. The number of ether oxygens (including phenoxy) is 1. The third kappa shape index (κ3) is 3.43. The molecule has 0 aliphatic carbocycles. The molecule has 2 heterocycles. The summed E-state index contributed by atoms with van der Waals surface area (Å²) >= 11 is 0. The van der Waals surface area contributed by atoms with Gasteiger partial charge in [0.2, 0.25) is 0 Å². The van der Waals surface area contributed by atoms with Crippen molar-refractivity contribution in [2.45, 2.75) is 13.8 Å². The van der Waals surface area contributed by atoms with E-state index in [-0.39, 0.29) is 0 Å². The van der Waals surface area contributed by atoms with Crippen LogP contribution in [-0.2, 0) is 0 Å². The lowest BCUT2D eigenvalue weighted by Gasteiger charge is -2.16. The van der Waals surface area contributed by atoms with Crippen molar-refractivity contribution in [3.05, 3.63) is 126 Å². The van der Waals surface area contributed by atoms with Gasteiger partial charge in [-0.1, -0.05) is 66.7 Å². The average Bonchev–Trinajstić information content (AvgIpc) is 3.37. The van der Waals surface area contributed by atoms with Gasteiger partial charge in [0.15, 0.2) is 0 Å². The van der Waals surface area contributed by atoms with E-state index < -0.39 is 0 Å². The van der Waals surface area contributed by atoms with Crippen LogP contribution >= 0.6 is 0 Å². The molecule has 5 aromatic rings. The van der Waals surface area contributed by atoms with E-state index in [0.29, 0.717) is 0 Å². The molecule has 34 heavy (non-hydrogen) atoms. The molecule has 1 aliphatic heterocycles. The van der Waals surface area contributed by atoms with Crippen LogP contribution in [0.3, 0.4) is 0 Å². The van der Waals surface area contributed by atoms with Gasteiger partial charge in [0.05, 0.1) is 5.69 Å². The number of aromatic amines is 1. The molecule has 1 N–H and O–H groups in total. The highest BCUT2D eigenvalue weighted by Crippen LogP contribution is 2.44. The first-order chi connectivity index (χ1) is 16.7. The van der Waals surface area contributed by atoms with Crippen molar-refractivity contribution in [2.75, 3.05) is 0 Å². The van der Waals surface area contributed by atoms with E-state index in [0.717, 1.165) is 45.2 Å². The van der Waals surface area contributed by atoms with Gasteiger partial charge in [-0.2, -0.15) is 0 Å². The highest BCUT2D eigenvalue weighted by molar-refractivity contribution is 6.36. The molecule has 164 valence electrons. The standard InChI is InChI=1S/C31H24N2O/c1-20-29(25-15-6-8-17-27(25)32-20)31(30-21(2)33-28-18-9-7-16-26(28)30)22-11-10-14-24(19-22)34-23-12-4-3-5-13-23/h3-19,32H,1-2H3/b31-30+. The molecule has 6 rings (SSSR count). The van der Waals surface area contributed by atoms with Gasteiger partial charge >= 0.3 is 0 Å². The number of aryl methyl sites for hydroxylation is 1. The van der Waals surface area contributed by atoms with Gasteiger partial charge in [-0.3, -0.25) is 4.99 Å². The summed E-state index contributed by atoms with van der Waals surface area (Å²) in [6.45, 7) is 4.25. The van der Waals surface area contributed by atoms with Gasteiger partial charge in [0.25, 0.3) is 0 Å². The Labute approximate surface area is 199 Å². The topological polar surface area (TPSA) is 37.4 Å². The molecule has 3 nitrogen and oxygen atoms in total. The molecule has 0 unspecified atom stereocenters. The molecule has 0 atom stereocenters. The number of nitrogens with one attached hydrogen (secondary N) is 1. The normalized spacial score (nSPS) is 14.1. The lowest BCUT2D eigenvalue weighted by molar-refractivity contribution is 0.482. The van der Waals surface area contributed by atoms with E-state index in [1.807, 2.05) is 42.5 Å². The van der Waals surface area contributed by atoms with Gasteiger partial charge in [0, 0.05) is 44.6 Å². The number of benzene rings is 4. The number of H-pyrrole nitrogens is 1. The first-order valence-electron chi connectivity index (χ1n) is 11.5. The summed E-state index contributed by atoms with van der Waals surface area (Å²) in [6, 6.07) is 35.1. The molecule has 0 amide bonds. The summed E-state index contributed by atoms with van der Waals surface area (Å²) in [5.41, 5.74) is 10.1. The van der Waals surface area contributed by atoms with E-state index >= 15 is 0 Å². The minimum atomic E-state index is 0.806. The zero-order chi connectivity index (χ0) is 23.1. The lowest BCUT2D eigenvalue weighted by Crippen LogP contribution is -2.00. The number of rotatable bonds is 4. The van der Waals surface area contributed by atoms with Crippen molar-refractivity contribution in [1.82, 2.24) is 4.98 Å². The highest BCUT2D eigenvalue weighted by atomic mass is 16.5. The summed E-state index contributed by atoms with van der Waals surface area (Å²) in [5.74, 6) is 1.63. The van der Waals surface area contributed by atoms with Crippen LogP contribution in [0.4, 0.5) is 5.69 Å². The fourth-order valence-electron chi connectivity index (χ4n) is 4.88. The maximum Gasteiger partial charge on any atom is 0.128 e. The maximum absolute atomic E-state index is 6.20. The molecule has 1 aliphatic rings. The van der Waals surface area contributed by atoms with E-state index in [1.165, 1.54) is 22.1 Å². The Hall–Kier alpha value is -4.37. The first kappa shape index (κ1) is 20.3. The monoisotopic (exact) mass is 440 g/mol. The number of nitrogens with zero attached hydrogens (tertiary/aromatic N) is 1. The van der Waals surface area contributed by atoms with Crippen molar-refractivity contribution in [3.8, 4) is 11.5 Å². The number of aliphatic imine (C=N–C) groups is 1. The van der Waals surface area contributed by atoms with Gasteiger partial charge < -0.3 is 9.72 Å². The Bertz CT molecular complexity index is 1590. The van der Waals surface area contributed by atoms with Crippen LogP contribution in [0.15, 0.2) is 108 Å². The quantitative estimate of drug-likeness (QED) is 0.300. The third-order valence-electron chi connectivity index (χ3n) is 6.32. The van der Waals surface area contributed by atoms with Crippen LogP contribution in [0.2, 0.25) is 0 Å². The molecule has 0 fully saturated rings. The fraction of sp³-hybridized carbons (Fsp3) is 0.0645. The van der Waals surface area contributed by atoms with E-state index in [1.54, 1.807) is 0 Å². The third-order valence-corrected chi connectivity index (χ3v) is 6.32. The Morgan fingerprint density at radius 1 is 0.735 bits per heavy atom. The van der Waals surface area contributed by atoms with E-state index in [9.17, 15) is 0 Å². The van der Waals surface area contributed by atoms with Crippen LogP contribution in [0.5, 0.6) is 11.5 Å². The zero-order valence-corrected chi connectivity index (χ0v) is 19.2. The smallest absolute Gasteiger partial charge is 0.128 e. The molecular weight excluding hydrogens is 416 g/mol. The minimum Gasteiger partial charge on any atom is -0.457 e. The largest absolute Gasteiger partial charge is 0.457 e. The number of allylic oxidation sites excluding steroid dienone is 1. The first-order valence-corrected chi connectivity index (χ1v) is 11.5. The Morgan fingerprint density at radius 2 is 1.47 bits per heavy atom. The van der Waals surface area contributed by atoms with Crippen molar-refractivity contribution in [3.63, 3.8) is 0 Å². The predicted molar refractivity (Wildman–Crippen MR) is 141 cm³/mol. The number of fused-ring (bicyclic) bond motifs is 2. The van der Waals surface area contributed by atoms with Gasteiger partial charge in [-0.25, -0.2) is 0 Å². The SMILES string of the molecule is CC1=Nc2ccccc2/C1=C(\c1cccc(Oc2ccccc2)c1)c1c(C)[nH]c2ccccc12. The number of aromatic nitrogens is 1. The molecule has 0 spiro atoms. The molecule has 4 aromatic carbocycles. The minimum absolute atomic E-state index is 0.806. The number of hydrogen-bond acceptors (Lipinski definition) is 2. The summed E-state index contributed by atoms with van der Waals surface area (Å²) in [4.78, 5) is 8.50. The molecule has 0 bridgehead atoms. The molecule has 0 saturated heterocycles. The lowest BCUT2D eigenvalue weighted by atomic mass is 9.87. The Morgan fingerprint density at radius 3 is 2.35 bits per heavy atom. The fourth-order valence-corrected chi connectivity index (χ4v) is 4.88. The Balaban J connectivity index is 1.62. The van der Waals surface area contributed by atoms with E-state index in [4.69, 9.17) is 9.73 Å². The van der Waals surface area contributed by atoms with Crippen molar-refractivity contribution >= 4 is 33.4 Å². The van der Waals surface area contributed by atoms with Crippen LogP contribution in [0, 0.1) is 6.92 Å². The average molecular weight is 441 g/mol. The number of para-hydroxylation sites is 3. The second-order valence-electron chi connectivity index (χ2n) is 8.58.